The molecule has 0 aromatic carbocycles. The molecule has 0 bridgehead atoms. The van der Waals surface area contributed by atoms with Gasteiger partial charge in [-0.15, -0.1) is 0 Å². The van der Waals surface area contributed by atoms with E-state index in [9.17, 15) is 15.0 Å². The first-order valence-corrected chi connectivity index (χ1v) is 7.81. The first-order chi connectivity index (χ1) is 9.84. The minimum absolute atomic E-state index is 0.312. The molecule has 1 saturated heterocycles. The maximum Gasteiger partial charge on any atom is 0.303 e. The van der Waals surface area contributed by atoms with E-state index in [4.69, 9.17) is 25.8 Å². The summed E-state index contributed by atoms with van der Waals surface area (Å²) in [6.07, 6.45) is -1.65. The van der Waals surface area contributed by atoms with Gasteiger partial charge in [-0.1, -0.05) is 22.4 Å². The van der Waals surface area contributed by atoms with Crippen LogP contribution in [0.5, 0.6) is 0 Å². The van der Waals surface area contributed by atoms with Crippen LogP contribution in [0.25, 0.3) is 0 Å². The van der Waals surface area contributed by atoms with Gasteiger partial charge >= 0.3 is 5.97 Å². The number of aliphatic carboxylic acids is 1. The molecule has 5 atom stereocenters. The summed E-state index contributed by atoms with van der Waals surface area (Å²) in [5, 5.41) is 45.2. The van der Waals surface area contributed by atoms with Crippen molar-refractivity contribution >= 4 is 21.9 Å². The van der Waals surface area contributed by atoms with Crippen molar-refractivity contribution in [2.75, 3.05) is 11.9 Å². The zero-order valence-corrected chi connectivity index (χ0v) is 13.2. The summed E-state index contributed by atoms with van der Waals surface area (Å²) in [5.74, 6) is -0.690. The molecule has 0 aromatic rings. The molecule has 0 amide bonds. The van der Waals surface area contributed by atoms with Gasteiger partial charge in [0, 0.05) is 11.8 Å². The number of aliphatic hydroxyl groups is 4. The lowest BCUT2D eigenvalue weighted by Crippen LogP contribution is -2.61. The molecule has 0 aromatic heterocycles. The fourth-order valence-corrected chi connectivity index (χ4v) is 2.06. The molecule has 1 rings (SSSR count). The van der Waals surface area contributed by atoms with Crippen molar-refractivity contribution in [2.24, 2.45) is 5.73 Å². The third-order valence-corrected chi connectivity index (χ3v) is 3.53. The van der Waals surface area contributed by atoms with Gasteiger partial charge in [0.15, 0.2) is 6.29 Å². The summed E-state index contributed by atoms with van der Waals surface area (Å²) in [6.45, 7) is -0.470. The Bertz CT molecular complexity index is 290. The SMILES string of the molecule is N[C@H]1C(O)O[C@H](CO)[C@@H](O)[C@@H]1O.O=C(O)CCCCCBr. The molecule has 7 N–H and O–H groups in total. The number of carbonyl (C=O) groups is 1. The molecular weight excluding hydrogens is 350 g/mol. The number of carboxylic acid groups (broad SMARTS) is 1. The monoisotopic (exact) mass is 373 g/mol. The third-order valence-electron chi connectivity index (χ3n) is 2.97. The largest absolute Gasteiger partial charge is 0.481 e. The quantitative estimate of drug-likeness (QED) is 0.250. The number of hydrogen-bond acceptors (Lipinski definition) is 7. The number of aliphatic hydroxyl groups excluding tert-OH is 4. The lowest BCUT2D eigenvalue weighted by Gasteiger charge is -2.38. The van der Waals surface area contributed by atoms with Gasteiger partial charge in [-0.05, 0) is 12.8 Å². The van der Waals surface area contributed by atoms with Crippen LogP contribution in [0.3, 0.4) is 0 Å². The van der Waals surface area contributed by atoms with E-state index in [0.29, 0.717) is 6.42 Å². The van der Waals surface area contributed by atoms with E-state index < -0.39 is 43.2 Å². The minimum Gasteiger partial charge on any atom is -0.481 e. The van der Waals surface area contributed by atoms with E-state index in [1.165, 1.54) is 0 Å². The molecule has 1 heterocycles. The fraction of sp³-hybridized carbons (Fsp3) is 0.917. The zero-order chi connectivity index (χ0) is 16.4. The smallest absolute Gasteiger partial charge is 0.303 e. The Morgan fingerprint density at radius 3 is 2.24 bits per heavy atom. The first kappa shape index (κ1) is 20.7. The van der Waals surface area contributed by atoms with E-state index in [1.54, 1.807) is 0 Å². The predicted molar refractivity (Wildman–Crippen MR) is 77.9 cm³/mol. The molecule has 1 fully saturated rings. The Kier molecular flexibility index (Phi) is 11.1. The zero-order valence-electron chi connectivity index (χ0n) is 11.6. The van der Waals surface area contributed by atoms with Crippen molar-refractivity contribution in [1.29, 1.82) is 0 Å². The number of unbranched alkanes of at least 4 members (excludes halogenated alkanes) is 2. The standard InChI is InChI=1S/C6H11BrO2.C6H13NO5/c7-5-3-1-2-4-6(8)9;7-3-5(10)4(9)2(1-8)12-6(3)11/h1-5H2,(H,8,9);2-6,8-11H,1,7H2/t;2-,3-,4-,5-,6?/m.1/s1. The van der Waals surface area contributed by atoms with E-state index >= 15 is 0 Å². The van der Waals surface area contributed by atoms with Crippen molar-refractivity contribution in [2.45, 2.75) is 56.3 Å². The Morgan fingerprint density at radius 2 is 1.76 bits per heavy atom. The fourth-order valence-electron chi connectivity index (χ4n) is 1.67. The van der Waals surface area contributed by atoms with Crippen molar-refractivity contribution in [1.82, 2.24) is 0 Å². The molecular formula is C12H24BrNO7. The summed E-state index contributed by atoms with van der Waals surface area (Å²) in [4.78, 5) is 9.95. The Balaban J connectivity index is 0.000000400. The molecule has 0 radical (unpaired) electrons. The lowest BCUT2D eigenvalue weighted by atomic mass is 9.98. The predicted octanol–water partition coefficient (Wildman–Crippen LogP) is -1.23. The second-order valence-corrected chi connectivity index (χ2v) is 5.49. The third kappa shape index (κ3) is 8.05. The normalized spacial score (nSPS) is 32.2. The van der Waals surface area contributed by atoms with Gasteiger partial charge in [0.25, 0.3) is 0 Å². The van der Waals surface area contributed by atoms with Gasteiger partial charge in [-0.3, -0.25) is 4.79 Å². The second kappa shape index (κ2) is 11.3. The summed E-state index contributed by atoms with van der Waals surface area (Å²) in [6, 6.07) is -1.04. The average Bonchev–Trinajstić information content (AvgIpc) is 2.45. The second-order valence-electron chi connectivity index (χ2n) is 4.70. The number of halogens is 1. The molecule has 8 nitrogen and oxygen atoms in total. The number of ether oxygens (including phenoxy) is 1. The molecule has 126 valence electrons. The van der Waals surface area contributed by atoms with Crippen LogP contribution in [0.2, 0.25) is 0 Å². The van der Waals surface area contributed by atoms with E-state index in [2.05, 4.69) is 15.9 Å². The molecule has 0 aliphatic carbocycles. The minimum atomic E-state index is -1.35. The summed E-state index contributed by atoms with van der Waals surface area (Å²) < 4.78 is 4.70. The summed E-state index contributed by atoms with van der Waals surface area (Å²) in [5.41, 5.74) is 5.26. The Morgan fingerprint density at radius 1 is 1.14 bits per heavy atom. The van der Waals surface area contributed by atoms with Gasteiger partial charge in [-0.2, -0.15) is 0 Å². The Labute approximate surface area is 131 Å². The summed E-state index contributed by atoms with van der Waals surface area (Å²) >= 11 is 3.27. The highest BCUT2D eigenvalue weighted by Crippen LogP contribution is 2.17. The van der Waals surface area contributed by atoms with Crippen LogP contribution in [-0.4, -0.2) is 74.1 Å². The lowest BCUT2D eigenvalue weighted by molar-refractivity contribution is -0.248. The molecule has 1 aliphatic rings. The highest BCUT2D eigenvalue weighted by Gasteiger charge is 2.41. The number of alkyl halides is 1. The number of hydrogen-bond donors (Lipinski definition) is 6. The van der Waals surface area contributed by atoms with E-state index in [0.717, 1.165) is 24.6 Å². The van der Waals surface area contributed by atoms with Gasteiger partial charge in [0.05, 0.1) is 12.6 Å². The van der Waals surface area contributed by atoms with Crippen LogP contribution in [0, 0.1) is 0 Å². The summed E-state index contributed by atoms with van der Waals surface area (Å²) in [7, 11) is 0. The van der Waals surface area contributed by atoms with Crippen molar-refractivity contribution in [3.8, 4) is 0 Å². The van der Waals surface area contributed by atoms with E-state index in [-0.39, 0.29) is 0 Å². The molecule has 21 heavy (non-hydrogen) atoms. The van der Waals surface area contributed by atoms with Crippen LogP contribution >= 0.6 is 15.9 Å². The van der Waals surface area contributed by atoms with Gasteiger partial charge < -0.3 is 36.0 Å². The van der Waals surface area contributed by atoms with Crippen molar-refractivity contribution in [3.05, 3.63) is 0 Å². The molecule has 0 saturated carbocycles. The molecule has 1 unspecified atom stereocenters. The van der Waals surface area contributed by atoms with Gasteiger partial charge in [0.1, 0.15) is 18.3 Å². The molecule has 1 aliphatic heterocycles. The van der Waals surface area contributed by atoms with Crippen LogP contribution in [0.4, 0.5) is 0 Å². The van der Waals surface area contributed by atoms with Crippen LogP contribution in [0.1, 0.15) is 25.7 Å². The number of carboxylic acids is 1. The first-order valence-electron chi connectivity index (χ1n) is 6.69. The highest BCUT2D eigenvalue weighted by atomic mass is 79.9. The Hall–Kier alpha value is -0.290. The topological polar surface area (TPSA) is 153 Å². The van der Waals surface area contributed by atoms with Crippen molar-refractivity contribution < 1.29 is 35.1 Å². The van der Waals surface area contributed by atoms with Crippen molar-refractivity contribution in [3.63, 3.8) is 0 Å². The van der Waals surface area contributed by atoms with Crippen LogP contribution in [0.15, 0.2) is 0 Å². The average molecular weight is 374 g/mol. The maximum atomic E-state index is 9.95. The highest BCUT2D eigenvalue weighted by molar-refractivity contribution is 9.09. The van der Waals surface area contributed by atoms with Gasteiger partial charge in [0.2, 0.25) is 0 Å². The van der Waals surface area contributed by atoms with Gasteiger partial charge in [-0.25, -0.2) is 0 Å². The maximum absolute atomic E-state index is 9.95. The molecule has 0 spiro atoms. The van der Waals surface area contributed by atoms with E-state index in [1.807, 2.05) is 0 Å². The number of rotatable bonds is 6. The number of nitrogens with two attached hydrogens (primary N) is 1. The van der Waals surface area contributed by atoms with Crippen LogP contribution in [-0.2, 0) is 9.53 Å². The molecule has 9 heteroatoms. The van der Waals surface area contributed by atoms with Crippen LogP contribution < -0.4 is 5.73 Å².